The summed E-state index contributed by atoms with van der Waals surface area (Å²) in [5.74, 6) is 0. The van der Waals surface area contributed by atoms with Gasteiger partial charge in [-0.05, 0) is 12.3 Å². The van der Waals surface area contributed by atoms with Crippen LogP contribution in [0.5, 0.6) is 0 Å². The van der Waals surface area contributed by atoms with Gasteiger partial charge < -0.3 is 5.32 Å². The zero-order valence-corrected chi connectivity index (χ0v) is 6.06. The Bertz CT molecular complexity index is 118. The van der Waals surface area contributed by atoms with Gasteiger partial charge in [-0.2, -0.15) is 0 Å². The molecular weight excluding hydrogens is 166 g/mol. The van der Waals surface area contributed by atoms with Crippen molar-refractivity contribution in [3.05, 3.63) is 24.4 Å². The SMILES string of the molecule is BrCC1C=CC=CN1. The van der Waals surface area contributed by atoms with Gasteiger partial charge in [0.15, 0.2) is 0 Å². The summed E-state index contributed by atoms with van der Waals surface area (Å²) in [7, 11) is 0. The Morgan fingerprint density at radius 3 is 2.75 bits per heavy atom. The van der Waals surface area contributed by atoms with Gasteiger partial charge in [-0.1, -0.05) is 28.1 Å². The predicted octanol–water partition coefficient (Wildman–Crippen LogP) is 1.42. The zero-order valence-electron chi connectivity index (χ0n) is 4.47. The molecule has 0 bridgehead atoms. The van der Waals surface area contributed by atoms with Gasteiger partial charge in [0.05, 0.1) is 6.04 Å². The van der Waals surface area contributed by atoms with Crippen molar-refractivity contribution in [2.75, 3.05) is 5.33 Å². The molecule has 2 heteroatoms. The highest BCUT2D eigenvalue weighted by atomic mass is 79.9. The van der Waals surface area contributed by atoms with E-state index in [2.05, 4.69) is 27.3 Å². The summed E-state index contributed by atoms with van der Waals surface area (Å²) in [5, 5.41) is 4.13. The van der Waals surface area contributed by atoms with E-state index >= 15 is 0 Å². The second-order valence-corrected chi connectivity index (χ2v) is 2.32. The Morgan fingerprint density at radius 1 is 1.50 bits per heavy atom. The van der Waals surface area contributed by atoms with Gasteiger partial charge in [0.25, 0.3) is 0 Å². The summed E-state index contributed by atoms with van der Waals surface area (Å²) in [4.78, 5) is 0. The lowest BCUT2D eigenvalue weighted by Gasteiger charge is -2.10. The molecule has 1 aliphatic heterocycles. The average molecular weight is 174 g/mol. The third kappa shape index (κ3) is 1.37. The van der Waals surface area contributed by atoms with Crippen molar-refractivity contribution < 1.29 is 0 Å². The Morgan fingerprint density at radius 2 is 2.38 bits per heavy atom. The fourth-order valence-corrected chi connectivity index (χ4v) is 0.987. The molecule has 44 valence electrons. The van der Waals surface area contributed by atoms with Crippen LogP contribution in [0.4, 0.5) is 0 Å². The number of halogens is 1. The molecule has 1 aliphatic rings. The number of hydrogen-bond acceptors (Lipinski definition) is 1. The minimum atomic E-state index is 0.486. The summed E-state index contributed by atoms with van der Waals surface area (Å²) in [6.45, 7) is 0. The van der Waals surface area contributed by atoms with Crippen LogP contribution >= 0.6 is 15.9 Å². The van der Waals surface area contributed by atoms with E-state index in [1.165, 1.54) is 0 Å². The van der Waals surface area contributed by atoms with Crippen molar-refractivity contribution in [1.29, 1.82) is 0 Å². The molecule has 0 aromatic heterocycles. The van der Waals surface area contributed by atoms with E-state index in [0.717, 1.165) is 5.33 Å². The van der Waals surface area contributed by atoms with Crippen LogP contribution in [-0.2, 0) is 0 Å². The first-order valence-electron chi connectivity index (χ1n) is 2.59. The molecule has 0 saturated heterocycles. The van der Waals surface area contributed by atoms with Gasteiger partial charge in [-0.25, -0.2) is 0 Å². The highest BCUT2D eigenvalue weighted by Crippen LogP contribution is 1.96. The largest absolute Gasteiger partial charge is 0.384 e. The molecule has 1 rings (SSSR count). The predicted molar refractivity (Wildman–Crippen MR) is 39.0 cm³/mol. The van der Waals surface area contributed by atoms with Gasteiger partial charge in [0, 0.05) is 5.33 Å². The molecule has 0 amide bonds. The van der Waals surface area contributed by atoms with Gasteiger partial charge in [0.1, 0.15) is 0 Å². The highest BCUT2D eigenvalue weighted by Gasteiger charge is 1.98. The van der Waals surface area contributed by atoms with Gasteiger partial charge in [-0.15, -0.1) is 0 Å². The zero-order chi connectivity index (χ0) is 5.82. The summed E-state index contributed by atoms with van der Waals surface area (Å²) >= 11 is 3.36. The van der Waals surface area contributed by atoms with E-state index in [4.69, 9.17) is 0 Å². The first-order valence-corrected chi connectivity index (χ1v) is 3.71. The normalized spacial score (nSPS) is 25.4. The second-order valence-electron chi connectivity index (χ2n) is 1.67. The third-order valence-electron chi connectivity index (χ3n) is 1.03. The fourth-order valence-electron chi connectivity index (χ4n) is 0.585. The van der Waals surface area contributed by atoms with Crippen molar-refractivity contribution >= 4 is 15.9 Å². The van der Waals surface area contributed by atoms with Gasteiger partial charge >= 0.3 is 0 Å². The fraction of sp³-hybridized carbons (Fsp3) is 0.333. The number of hydrogen-bond donors (Lipinski definition) is 1. The molecule has 0 fully saturated rings. The van der Waals surface area contributed by atoms with Crippen LogP contribution in [0.3, 0.4) is 0 Å². The minimum Gasteiger partial charge on any atom is -0.384 e. The highest BCUT2D eigenvalue weighted by molar-refractivity contribution is 9.09. The van der Waals surface area contributed by atoms with Crippen molar-refractivity contribution in [3.8, 4) is 0 Å². The Hall–Kier alpha value is -0.240. The van der Waals surface area contributed by atoms with E-state index in [0.29, 0.717) is 6.04 Å². The maximum atomic E-state index is 3.36. The number of nitrogens with one attached hydrogen (secondary N) is 1. The van der Waals surface area contributed by atoms with Crippen molar-refractivity contribution in [2.45, 2.75) is 6.04 Å². The van der Waals surface area contributed by atoms with E-state index in [-0.39, 0.29) is 0 Å². The van der Waals surface area contributed by atoms with Crippen LogP contribution in [0.25, 0.3) is 0 Å². The molecule has 1 heterocycles. The smallest absolute Gasteiger partial charge is 0.0538 e. The molecule has 1 nitrogen and oxygen atoms in total. The van der Waals surface area contributed by atoms with E-state index in [1.807, 2.05) is 18.4 Å². The second kappa shape index (κ2) is 2.92. The van der Waals surface area contributed by atoms with Gasteiger partial charge in [0.2, 0.25) is 0 Å². The molecule has 0 aromatic rings. The summed E-state index contributed by atoms with van der Waals surface area (Å²) in [6.07, 6.45) is 8.10. The topological polar surface area (TPSA) is 12.0 Å². The summed E-state index contributed by atoms with van der Waals surface area (Å²) in [5.41, 5.74) is 0. The van der Waals surface area contributed by atoms with Crippen molar-refractivity contribution in [3.63, 3.8) is 0 Å². The van der Waals surface area contributed by atoms with Crippen LogP contribution in [0.1, 0.15) is 0 Å². The van der Waals surface area contributed by atoms with Crippen LogP contribution < -0.4 is 5.32 Å². The first kappa shape index (κ1) is 5.89. The standard InChI is InChI=1S/C6H8BrN/c7-5-6-3-1-2-4-8-6/h1-4,6,8H,5H2. The van der Waals surface area contributed by atoms with Crippen LogP contribution in [0.2, 0.25) is 0 Å². The molecule has 8 heavy (non-hydrogen) atoms. The molecule has 0 saturated carbocycles. The summed E-state index contributed by atoms with van der Waals surface area (Å²) in [6, 6.07) is 0.486. The molecule has 1 N–H and O–H groups in total. The lowest BCUT2D eigenvalue weighted by Crippen LogP contribution is -2.24. The Kier molecular flexibility index (Phi) is 2.15. The molecule has 1 atom stereocenters. The van der Waals surface area contributed by atoms with Gasteiger partial charge in [-0.3, -0.25) is 0 Å². The van der Waals surface area contributed by atoms with E-state index < -0.39 is 0 Å². The van der Waals surface area contributed by atoms with E-state index in [9.17, 15) is 0 Å². The molecule has 0 radical (unpaired) electrons. The lowest BCUT2D eigenvalue weighted by atomic mass is 10.2. The number of alkyl halides is 1. The molecule has 0 aromatic carbocycles. The van der Waals surface area contributed by atoms with Crippen LogP contribution in [0, 0.1) is 0 Å². The maximum absolute atomic E-state index is 3.36. The average Bonchev–Trinajstić information content (AvgIpc) is 1.90. The van der Waals surface area contributed by atoms with Crippen molar-refractivity contribution in [2.24, 2.45) is 0 Å². The molecule has 1 unspecified atom stereocenters. The molecule has 0 aliphatic carbocycles. The Labute approximate surface area is 57.6 Å². The monoisotopic (exact) mass is 173 g/mol. The maximum Gasteiger partial charge on any atom is 0.0538 e. The molecular formula is C6H8BrN. The van der Waals surface area contributed by atoms with E-state index in [1.54, 1.807) is 0 Å². The lowest BCUT2D eigenvalue weighted by molar-refractivity contribution is 0.776. The summed E-state index contributed by atoms with van der Waals surface area (Å²) < 4.78 is 0. The van der Waals surface area contributed by atoms with Crippen LogP contribution in [-0.4, -0.2) is 11.4 Å². The Balaban J connectivity index is 2.40. The number of dihydropyridines is 1. The number of rotatable bonds is 1. The quantitative estimate of drug-likeness (QED) is 0.593. The third-order valence-corrected chi connectivity index (χ3v) is 1.72. The van der Waals surface area contributed by atoms with Crippen molar-refractivity contribution in [1.82, 2.24) is 5.32 Å². The molecule has 0 spiro atoms. The van der Waals surface area contributed by atoms with Crippen LogP contribution in [0.15, 0.2) is 24.4 Å². The first-order chi connectivity index (χ1) is 3.93. The minimum absolute atomic E-state index is 0.486. The number of allylic oxidation sites excluding steroid dienone is 2.